The summed E-state index contributed by atoms with van der Waals surface area (Å²) in [6, 6.07) is -0.170. The molecule has 0 bridgehead atoms. The summed E-state index contributed by atoms with van der Waals surface area (Å²) in [6.07, 6.45) is 11.4. The largest absolute Gasteiger partial charge is 0.393 e. The highest BCUT2D eigenvalue weighted by Gasteiger charge is 2.64. The summed E-state index contributed by atoms with van der Waals surface area (Å²) in [4.78, 5) is 0. The topological polar surface area (TPSA) is 66.5 Å². The van der Waals surface area contributed by atoms with Gasteiger partial charge in [-0.1, -0.05) is 53.9 Å². The van der Waals surface area contributed by atoms with Crippen LogP contribution in [0, 0.1) is 52.3 Å². The first-order valence-corrected chi connectivity index (χ1v) is 13.2. The summed E-state index contributed by atoms with van der Waals surface area (Å²) in [5.74, 6) is 4.24. The smallest absolute Gasteiger partial charge is 0.0727 e. The van der Waals surface area contributed by atoms with E-state index in [-0.39, 0.29) is 23.5 Å². The average molecular weight is 420 g/mol. The lowest BCUT2D eigenvalue weighted by Gasteiger charge is -2.64. The van der Waals surface area contributed by atoms with Crippen molar-refractivity contribution >= 4 is 0 Å². The molecule has 0 saturated heterocycles. The van der Waals surface area contributed by atoms with E-state index in [2.05, 4.69) is 34.6 Å². The van der Waals surface area contributed by atoms with E-state index in [1.165, 1.54) is 44.9 Å². The van der Waals surface area contributed by atoms with Crippen LogP contribution >= 0.6 is 0 Å². The molecule has 0 aromatic rings. The molecule has 174 valence electrons. The van der Waals surface area contributed by atoms with Crippen molar-refractivity contribution in [1.29, 1.82) is 0 Å². The molecule has 0 radical (unpaired) electrons. The van der Waals surface area contributed by atoms with Crippen LogP contribution in [-0.2, 0) is 0 Å². The second-order valence-corrected chi connectivity index (χ2v) is 12.9. The third kappa shape index (κ3) is 3.59. The molecule has 0 aliphatic heterocycles. The van der Waals surface area contributed by atoms with Gasteiger partial charge >= 0.3 is 0 Å². The van der Waals surface area contributed by atoms with Crippen LogP contribution in [0.3, 0.4) is 0 Å². The number of hydrogen-bond donors (Lipinski definition) is 3. The highest BCUT2D eigenvalue weighted by atomic mass is 16.3. The molecule has 4 aliphatic rings. The van der Waals surface area contributed by atoms with Gasteiger partial charge in [-0.05, 0) is 97.2 Å². The summed E-state index contributed by atoms with van der Waals surface area (Å²) in [5, 5.41) is 21.8. The molecular weight excluding hydrogens is 370 g/mol. The van der Waals surface area contributed by atoms with Crippen LogP contribution in [0.4, 0.5) is 0 Å². The van der Waals surface area contributed by atoms with Crippen molar-refractivity contribution < 1.29 is 10.2 Å². The molecule has 0 amide bonds. The standard InChI is InChI=1S/C27H49NO2/c1-16(2)7-6-8-17(3)19-9-10-20-23-21(12-14-26(19,20)4)27(5)13-11-18(29)15-22(27)24(28)25(23)30/h16-25,29-30H,6-15,28H2,1-5H3/t17?,18-,19+,20-,21-,22?,23-,24-,25-,26+,27+/m0/s1. The van der Waals surface area contributed by atoms with Gasteiger partial charge in [0.05, 0.1) is 12.2 Å². The second-order valence-electron chi connectivity index (χ2n) is 12.9. The van der Waals surface area contributed by atoms with E-state index in [0.717, 1.165) is 37.0 Å². The zero-order valence-electron chi connectivity index (χ0n) is 20.3. The molecule has 0 aromatic carbocycles. The Bertz CT molecular complexity index is 608. The summed E-state index contributed by atoms with van der Waals surface area (Å²) in [7, 11) is 0. The number of fused-ring (bicyclic) bond motifs is 5. The fraction of sp³-hybridized carbons (Fsp3) is 1.00. The van der Waals surface area contributed by atoms with Crippen molar-refractivity contribution in [2.45, 2.75) is 117 Å². The van der Waals surface area contributed by atoms with Crippen LogP contribution in [0.1, 0.15) is 98.8 Å². The lowest BCUT2D eigenvalue weighted by molar-refractivity contribution is -0.183. The minimum atomic E-state index is -0.391. The van der Waals surface area contributed by atoms with Crippen LogP contribution in [0.15, 0.2) is 0 Å². The number of aliphatic hydroxyl groups is 2. The van der Waals surface area contributed by atoms with Gasteiger partial charge in [-0.2, -0.15) is 0 Å². The summed E-state index contributed by atoms with van der Waals surface area (Å²) < 4.78 is 0. The molecule has 4 saturated carbocycles. The van der Waals surface area contributed by atoms with Crippen LogP contribution in [-0.4, -0.2) is 28.5 Å². The third-order valence-corrected chi connectivity index (χ3v) is 11.0. The fourth-order valence-electron chi connectivity index (χ4n) is 9.36. The fourth-order valence-corrected chi connectivity index (χ4v) is 9.36. The maximum atomic E-state index is 11.5. The summed E-state index contributed by atoms with van der Waals surface area (Å²) in [6.45, 7) is 12.2. The molecule has 2 unspecified atom stereocenters. The number of nitrogens with two attached hydrogens (primary N) is 1. The molecule has 4 aliphatic carbocycles. The van der Waals surface area contributed by atoms with Gasteiger partial charge in [0.2, 0.25) is 0 Å². The number of aliphatic hydroxyl groups excluding tert-OH is 2. The van der Waals surface area contributed by atoms with Crippen LogP contribution in [0.5, 0.6) is 0 Å². The van der Waals surface area contributed by atoms with Crippen LogP contribution in [0.25, 0.3) is 0 Å². The van der Waals surface area contributed by atoms with Crippen molar-refractivity contribution in [3.05, 3.63) is 0 Å². The van der Waals surface area contributed by atoms with Crippen molar-refractivity contribution in [3.63, 3.8) is 0 Å². The first-order chi connectivity index (χ1) is 14.1. The molecule has 3 heteroatoms. The minimum absolute atomic E-state index is 0.170. The predicted molar refractivity (Wildman–Crippen MR) is 124 cm³/mol. The van der Waals surface area contributed by atoms with Gasteiger partial charge in [-0.25, -0.2) is 0 Å². The lowest BCUT2D eigenvalue weighted by Crippen LogP contribution is -2.66. The van der Waals surface area contributed by atoms with Gasteiger partial charge in [-0.15, -0.1) is 0 Å². The minimum Gasteiger partial charge on any atom is -0.393 e. The maximum absolute atomic E-state index is 11.5. The number of rotatable bonds is 5. The van der Waals surface area contributed by atoms with Gasteiger partial charge < -0.3 is 15.9 Å². The van der Waals surface area contributed by atoms with Crippen molar-refractivity contribution in [1.82, 2.24) is 0 Å². The van der Waals surface area contributed by atoms with Gasteiger partial charge in [-0.3, -0.25) is 0 Å². The van der Waals surface area contributed by atoms with Gasteiger partial charge in [0.1, 0.15) is 0 Å². The highest BCUT2D eigenvalue weighted by Crippen LogP contribution is 2.68. The molecule has 4 fully saturated rings. The first-order valence-electron chi connectivity index (χ1n) is 13.2. The van der Waals surface area contributed by atoms with Crippen molar-refractivity contribution in [3.8, 4) is 0 Å². The summed E-state index contributed by atoms with van der Waals surface area (Å²) in [5.41, 5.74) is 7.31. The van der Waals surface area contributed by atoms with E-state index in [9.17, 15) is 10.2 Å². The zero-order valence-corrected chi connectivity index (χ0v) is 20.3. The molecule has 0 aromatic heterocycles. The van der Waals surface area contributed by atoms with E-state index in [1.54, 1.807) is 0 Å². The molecule has 4 N–H and O–H groups in total. The van der Waals surface area contributed by atoms with E-state index in [0.29, 0.717) is 23.2 Å². The lowest BCUT2D eigenvalue weighted by atomic mass is 9.42. The Morgan fingerprint density at radius 1 is 0.867 bits per heavy atom. The average Bonchev–Trinajstić information content (AvgIpc) is 3.04. The predicted octanol–water partition coefficient (Wildman–Crippen LogP) is 5.38. The third-order valence-electron chi connectivity index (χ3n) is 11.0. The van der Waals surface area contributed by atoms with Gasteiger partial charge in [0, 0.05) is 6.04 Å². The van der Waals surface area contributed by atoms with E-state index >= 15 is 0 Å². The molecule has 0 heterocycles. The Labute approximate surface area is 185 Å². The molecule has 0 spiro atoms. The van der Waals surface area contributed by atoms with E-state index in [4.69, 9.17) is 5.73 Å². The molecule has 11 atom stereocenters. The normalized spacial score (nSPS) is 51.9. The molecule has 30 heavy (non-hydrogen) atoms. The first kappa shape index (κ1) is 23.1. The Kier molecular flexibility index (Phi) is 6.41. The SMILES string of the molecule is CC(C)CCCC(C)[C@H]1CC[C@H]2[C@@H]3[C@H](O)[C@@H](N)C4C[C@@H](O)CC[C@]4(C)[C@H]3CC[C@]12C. The van der Waals surface area contributed by atoms with Crippen LogP contribution in [0.2, 0.25) is 0 Å². The summed E-state index contributed by atoms with van der Waals surface area (Å²) >= 11 is 0. The van der Waals surface area contributed by atoms with Gasteiger partial charge in [0.25, 0.3) is 0 Å². The Morgan fingerprint density at radius 3 is 2.23 bits per heavy atom. The Morgan fingerprint density at radius 2 is 1.53 bits per heavy atom. The highest BCUT2D eigenvalue weighted by molar-refractivity contribution is 5.14. The molecule has 4 rings (SSSR count). The Hall–Kier alpha value is -0.120. The van der Waals surface area contributed by atoms with Gasteiger partial charge in [0.15, 0.2) is 0 Å². The second kappa shape index (κ2) is 8.34. The van der Waals surface area contributed by atoms with Crippen molar-refractivity contribution in [2.24, 2.45) is 58.0 Å². The zero-order chi connectivity index (χ0) is 21.8. The number of hydrogen-bond acceptors (Lipinski definition) is 3. The van der Waals surface area contributed by atoms with Crippen LogP contribution < -0.4 is 5.73 Å². The quantitative estimate of drug-likeness (QED) is 0.561. The van der Waals surface area contributed by atoms with E-state index < -0.39 is 6.10 Å². The monoisotopic (exact) mass is 419 g/mol. The maximum Gasteiger partial charge on any atom is 0.0727 e. The molecular formula is C27H49NO2. The van der Waals surface area contributed by atoms with E-state index in [1.807, 2.05) is 0 Å². The Balaban J connectivity index is 1.54. The molecule has 3 nitrogen and oxygen atoms in total. The van der Waals surface area contributed by atoms with Crippen molar-refractivity contribution in [2.75, 3.05) is 0 Å².